The molecule has 1 N–H and O–H groups in total. The lowest BCUT2D eigenvalue weighted by atomic mass is 10.0. The highest BCUT2D eigenvalue weighted by atomic mass is 16.5. The molecule has 0 aliphatic heterocycles. The molecule has 0 saturated carbocycles. The Kier molecular flexibility index (Phi) is 5.66. The minimum atomic E-state index is 0.0845. The van der Waals surface area contributed by atoms with Crippen molar-refractivity contribution >= 4 is 5.78 Å². The molecular weight excluding hydrogens is 218 g/mol. The van der Waals surface area contributed by atoms with Crippen LogP contribution in [-0.4, -0.2) is 39.7 Å². The van der Waals surface area contributed by atoms with E-state index in [1.165, 1.54) is 0 Å². The molecule has 0 aromatic heterocycles. The Balaban J connectivity index is 2.57. The molecule has 1 aromatic rings. The number of aryl methyl sites for hydroxylation is 1. The summed E-state index contributed by atoms with van der Waals surface area (Å²) in [4.78, 5) is 11.9. The SMILES string of the molecule is COCCNCC(=O)c1ccc(OC)cc1C. The Labute approximate surface area is 102 Å². The van der Waals surface area contributed by atoms with Crippen LogP contribution in [0.25, 0.3) is 0 Å². The lowest BCUT2D eigenvalue weighted by molar-refractivity contribution is 0.0987. The van der Waals surface area contributed by atoms with E-state index >= 15 is 0 Å². The van der Waals surface area contributed by atoms with Gasteiger partial charge in [0.1, 0.15) is 5.75 Å². The number of ether oxygens (including phenoxy) is 2. The van der Waals surface area contributed by atoms with Crippen LogP contribution in [-0.2, 0) is 4.74 Å². The van der Waals surface area contributed by atoms with Gasteiger partial charge in [-0.1, -0.05) is 0 Å². The molecule has 1 rings (SSSR count). The van der Waals surface area contributed by atoms with Crippen molar-refractivity contribution in [2.24, 2.45) is 0 Å². The molecule has 0 aliphatic rings. The average Bonchev–Trinajstić information content (AvgIpc) is 2.34. The fourth-order valence-electron chi connectivity index (χ4n) is 1.55. The zero-order valence-corrected chi connectivity index (χ0v) is 10.6. The third-order valence-corrected chi connectivity index (χ3v) is 2.50. The van der Waals surface area contributed by atoms with Crippen molar-refractivity contribution in [3.05, 3.63) is 29.3 Å². The molecule has 0 bridgehead atoms. The number of methoxy groups -OCH3 is 2. The second-order valence-corrected chi connectivity index (χ2v) is 3.77. The molecule has 4 nitrogen and oxygen atoms in total. The van der Waals surface area contributed by atoms with Crippen molar-refractivity contribution in [2.45, 2.75) is 6.92 Å². The number of rotatable bonds is 7. The number of hydrogen-bond acceptors (Lipinski definition) is 4. The Morgan fingerprint density at radius 2 is 2.12 bits per heavy atom. The third-order valence-electron chi connectivity index (χ3n) is 2.50. The number of carbonyl (C=O) groups excluding carboxylic acids is 1. The average molecular weight is 237 g/mol. The van der Waals surface area contributed by atoms with Crippen molar-refractivity contribution in [1.82, 2.24) is 5.32 Å². The van der Waals surface area contributed by atoms with Gasteiger partial charge in [0.05, 0.1) is 20.3 Å². The normalized spacial score (nSPS) is 10.3. The van der Waals surface area contributed by atoms with E-state index in [2.05, 4.69) is 5.32 Å². The van der Waals surface area contributed by atoms with E-state index in [0.29, 0.717) is 19.7 Å². The molecule has 4 heteroatoms. The quantitative estimate of drug-likeness (QED) is 0.575. The fraction of sp³-hybridized carbons (Fsp3) is 0.462. The van der Waals surface area contributed by atoms with Gasteiger partial charge < -0.3 is 14.8 Å². The maximum absolute atomic E-state index is 11.9. The lowest BCUT2D eigenvalue weighted by Crippen LogP contribution is -2.26. The van der Waals surface area contributed by atoms with Crippen molar-refractivity contribution in [1.29, 1.82) is 0 Å². The van der Waals surface area contributed by atoms with Gasteiger partial charge in [0.25, 0.3) is 0 Å². The van der Waals surface area contributed by atoms with E-state index < -0.39 is 0 Å². The number of carbonyl (C=O) groups is 1. The highest BCUT2D eigenvalue weighted by Gasteiger charge is 2.09. The molecule has 0 amide bonds. The molecule has 1 aromatic carbocycles. The highest BCUT2D eigenvalue weighted by Crippen LogP contribution is 2.16. The fourth-order valence-corrected chi connectivity index (χ4v) is 1.55. The number of nitrogens with one attached hydrogen (secondary N) is 1. The largest absolute Gasteiger partial charge is 0.497 e. The number of hydrogen-bond donors (Lipinski definition) is 1. The van der Waals surface area contributed by atoms with Crippen LogP contribution >= 0.6 is 0 Å². The van der Waals surface area contributed by atoms with Gasteiger partial charge in [-0.3, -0.25) is 4.79 Å². The molecular formula is C13H19NO3. The van der Waals surface area contributed by atoms with Crippen LogP contribution in [0.2, 0.25) is 0 Å². The van der Waals surface area contributed by atoms with Crippen LogP contribution in [0.15, 0.2) is 18.2 Å². The van der Waals surface area contributed by atoms with E-state index in [-0.39, 0.29) is 5.78 Å². The summed E-state index contributed by atoms with van der Waals surface area (Å²) in [5, 5.41) is 3.03. The van der Waals surface area contributed by atoms with Gasteiger partial charge in [-0.25, -0.2) is 0 Å². The van der Waals surface area contributed by atoms with Gasteiger partial charge in [0.15, 0.2) is 5.78 Å². The Hall–Kier alpha value is -1.39. The maximum atomic E-state index is 11.9. The molecule has 0 fully saturated rings. The monoisotopic (exact) mass is 237 g/mol. The van der Waals surface area contributed by atoms with Crippen LogP contribution in [0.5, 0.6) is 5.75 Å². The van der Waals surface area contributed by atoms with E-state index in [1.807, 2.05) is 13.0 Å². The van der Waals surface area contributed by atoms with E-state index in [1.54, 1.807) is 26.4 Å². The number of Topliss-reactive ketones (excluding diaryl/α,β-unsaturated/α-hetero) is 1. The third kappa shape index (κ3) is 4.17. The minimum absolute atomic E-state index is 0.0845. The Morgan fingerprint density at radius 1 is 1.35 bits per heavy atom. The molecule has 0 heterocycles. The van der Waals surface area contributed by atoms with Crippen LogP contribution < -0.4 is 10.1 Å². The van der Waals surface area contributed by atoms with E-state index in [4.69, 9.17) is 9.47 Å². The maximum Gasteiger partial charge on any atom is 0.176 e. The number of benzene rings is 1. The van der Waals surface area contributed by atoms with Crippen molar-refractivity contribution in [3.63, 3.8) is 0 Å². The second-order valence-electron chi connectivity index (χ2n) is 3.77. The first-order chi connectivity index (χ1) is 8.19. The molecule has 0 spiro atoms. The van der Waals surface area contributed by atoms with Gasteiger partial charge in [-0.05, 0) is 30.7 Å². The van der Waals surface area contributed by atoms with E-state index in [9.17, 15) is 4.79 Å². The summed E-state index contributed by atoms with van der Waals surface area (Å²) in [7, 11) is 3.25. The lowest BCUT2D eigenvalue weighted by Gasteiger charge is -2.08. The summed E-state index contributed by atoms with van der Waals surface area (Å²) in [5.41, 5.74) is 1.67. The van der Waals surface area contributed by atoms with Crippen LogP contribution in [0, 0.1) is 6.92 Å². The Morgan fingerprint density at radius 3 is 2.71 bits per heavy atom. The molecule has 0 aliphatic carbocycles. The smallest absolute Gasteiger partial charge is 0.176 e. The van der Waals surface area contributed by atoms with Gasteiger partial charge in [0.2, 0.25) is 0 Å². The predicted molar refractivity (Wildman–Crippen MR) is 66.8 cm³/mol. The van der Waals surface area contributed by atoms with Crippen LogP contribution in [0.4, 0.5) is 0 Å². The van der Waals surface area contributed by atoms with Crippen molar-refractivity contribution in [2.75, 3.05) is 33.9 Å². The molecule has 94 valence electrons. The summed E-state index contributed by atoms with van der Waals surface area (Å²) < 4.78 is 9.99. The molecule has 17 heavy (non-hydrogen) atoms. The molecule has 0 radical (unpaired) electrons. The zero-order chi connectivity index (χ0) is 12.7. The first-order valence-electron chi connectivity index (χ1n) is 5.56. The Bertz CT molecular complexity index is 377. The predicted octanol–water partition coefficient (Wildman–Crippen LogP) is 1.42. The summed E-state index contributed by atoms with van der Waals surface area (Å²) in [6.07, 6.45) is 0. The van der Waals surface area contributed by atoms with Crippen molar-refractivity contribution in [3.8, 4) is 5.75 Å². The van der Waals surface area contributed by atoms with Crippen LogP contribution in [0.3, 0.4) is 0 Å². The summed E-state index contributed by atoms with van der Waals surface area (Å²) >= 11 is 0. The summed E-state index contributed by atoms with van der Waals surface area (Å²) in [6, 6.07) is 5.46. The van der Waals surface area contributed by atoms with E-state index in [0.717, 1.165) is 16.9 Å². The summed E-state index contributed by atoms with van der Waals surface area (Å²) in [5.74, 6) is 0.854. The zero-order valence-electron chi connectivity index (χ0n) is 10.6. The molecule has 0 unspecified atom stereocenters. The standard InChI is InChI=1S/C13H19NO3/c1-10-8-11(17-3)4-5-12(10)13(15)9-14-6-7-16-2/h4-5,8,14H,6-7,9H2,1-3H3. The minimum Gasteiger partial charge on any atom is -0.497 e. The molecule has 0 atom stereocenters. The number of ketones is 1. The van der Waals surface area contributed by atoms with Gasteiger partial charge in [0, 0.05) is 19.2 Å². The first kappa shape index (κ1) is 13.7. The highest BCUT2D eigenvalue weighted by molar-refractivity contribution is 5.99. The second kappa shape index (κ2) is 7.04. The van der Waals surface area contributed by atoms with Crippen molar-refractivity contribution < 1.29 is 14.3 Å². The molecule has 0 saturated heterocycles. The topological polar surface area (TPSA) is 47.6 Å². The summed E-state index contributed by atoms with van der Waals surface area (Å²) in [6.45, 7) is 3.52. The first-order valence-corrected chi connectivity index (χ1v) is 5.56. The van der Waals surface area contributed by atoms with Gasteiger partial charge in [-0.2, -0.15) is 0 Å². The van der Waals surface area contributed by atoms with Crippen LogP contribution in [0.1, 0.15) is 15.9 Å². The van der Waals surface area contributed by atoms with Gasteiger partial charge in [-0.15, -0.1) is 0 Å². The van der Waals surface area contributed by atoms with Gasteiger partial charge >= 0.3 is 0 Å².